The Bertz CT molecular complexity index is 452. The first-order valence-corrected chi connectivity index (χ1v) is 7.06. The summed E-state index contributed by atoms with van der Waals surface area (Å²) in [6.07, 6.45) is 0.566. The average Bonchev–Trinajstić information content (AvgIpc) is 2.86. The average molecular weight is 280 g/mol. The van der Waals surface area contributed by atoms with Gasteiger partial charge in [-0.15, -0.1) is 0 Å². The maximum absolute atomic E-state index is 11.9. The summed E-state index contributed by atoms with van der Waals surface area (Å²) < 4.78 is 0. The van der Waals surface area contributed by atoms with Gasteiger partial charge in [-0.1, -0.05) is 42.1 Å². The van der Waals surface area contributed by atoms with Crippen molar-refractivity contribution in [2.45, 2.75) is 18.5 Å². The Morgan fingerprint density at radius 1 is 1.47 bits per heavy atom. The van der Waals surface area contributed by atoms with Gasteiger partial charge in [0.25, 0.3) is 5.24 Å². The van der Waals surface area contributed by atoms with Crippen molar-refractivity contribution in [3.63, 3.8) is 0 Å². The SMILES string of the molecule is O=C1NC(C(=O)NC(CO)Cc2ccccc2)CS1. The molecule has 0 aromatic heterocycles. The van der Waals surface area contributed by atoms with Crippen molar-refractivity contribution in [1.29, 1.82) is 0 Å². The summed E-state index contributed by atoms with van der Waals surface area (Å²) in [6, 6.07) is 8.81. The Labute approximate surface area is 115 Å². The molecule has 2 amide bonds. The molecule has 1 aromatic carbocycles. The number of carbonyl (C=O) groups is 2. The van der Waals surface area contributed by atoms with Crippen LogP contribution in [0.2, 0.25) is 0 Å². The van der Waals surface area contributed by atoms with Crippen LogP contribution in [0.1, 0.15) is 5.56 Å². The summed E-state index contributed by atoms with van der Waals surface area (Å²) in [5.74, 6) is 0.196. The number of benzene rings is 1. The molecule has 2 rings (SSSR count). The standard InChI is InChI=1S/C13H16N2O3S/c16-7-10(6-9-4-2-1-3-5-9)14-12(17)11-8-19-13(18)15-11/h1-5,10-11,16H,6-8H2,(H,14,17)(H,15,18). The Morgan fingerprint density at radius 3 is 2.79 bits per heavy atom. The molecule has 1 fully saturated rings. The highest BCUT2D eigenvalue weighted by molar-refractivity contribution is 8.14. The summed E-state index contributed by atoms with van der Waals surface area (Å²) >= 11 is 1.10. The van der Waals surface area contributed by atoms with Gasteiger partial charge < -0.3 is 15.7 Å². The minimum Gasteiger partial charge on any atom is -0.394 e. The minimum absolute atomic E-state index is 0.131. The Kier molecular flexibility index (Phi) is 4.81. The van der Waals surface area contributed by atoms with Crippen molar-refractivity contribution in [2.75, 3.05) is 12.4 Å². The summed E-state index contributed by atoms with van der Waals surface area (Å²) in [5.41, 5.74) is 1.05. The molecule has 1 aliphatic heterocycles. The van der Waals surface area contributed by atoms with Crippen molar-refractivity contribution in [3.05, 3.63) is 35.9 Å². The van der Waals surface area contributed by atoms with E-state index in [4.69, 9.17) is 0 Å². The predicted octanol–water partition coefficient (Wildman–Crippen LogP) is 0.531. The molecule has 0 bridgehead atoms. The third-order valence-electron chi connectivity index (χ3n) is 2.88. The molecule has 1 saturated heterocycles. The molecule has 102 valence electrons. The van der Waals surface area contributed by atoms with E-state index in [1.54, 1.807) is 0 Å². The minimum atomic E-state index is -0.498. The van der Waals surface area contributed by atoms with E-state index in [1.165, 1.54) is 0 Å². The van der Waals surface area contributed by atoms with Gasteiger partial charge in [-0.25, -0.2) is 0 Å². The number of nitrogens with one attached hydrogen (secondary N) is 2. The molecule has 0 aliphatic carbocycles. The zero-order valence-corrected chi connectivity index (χ0v) is 11.2. The third kappa shape index (κ3) is 3.97. The molecule has 5 nitrogen and oxygen atoms in total. The first-order chi connectivity index (χ1) is 9.19. The van der Waals surface area contributed by atoms with Crippen molar-refractivity contribution in [2.24, 2.45) is 0 Å². The van der Waals surface area contributed by atoms with Gasteiger partial charge in [0.2, 0.25) is 5.91 Å². The molecule has 2 atom stereocenters. The molecule has 1 heterocycles. The molecular formula is C13H16N2O3S. The van der Waals surface area contributed by atoms with E-state index in [2.05, 4.69) is 10.6 Å². The fraction of sp³-hybridized carbons (Fsp3) is 0.385. The number of aliphatic hydroxyl groups excluding tert-OH is 1. The zero-order valence-electron chi connectivity index (χ0n) is 10.3. The summed E-state index contributed by atoms with van der Waals surface area (Å²) in [7, 11) is 0. The number of carbonyl (C=O) groups excluding carboxylic acids is 2. The number of amides is 2. The van der Waals surface area contributed by atoms with Crippen LogP contribution in [0.4, 0.5) is 4.79 Å². The van der Waals surface area contributed by atoms with Crippen LogP contribution < -0.4 is 10.6 Å². The number of rotatable bonds is 5. The van der Waals surface area contributed by atoms with Gasteiger partial charge in [-0.05, 0) is 12.0 Å². The monoisotopic (exact) mass is 280 g/mol. The van der Waals surface area contributed by atoms with E-state index in [-0.39, 0.29) is 23.8 Å². The van der Waals surface area contributed by atoms with E-state index in [0.29, 0.717) is 12.2 Å². The van der Waals surface area contributed by atoms with Crippen molar-refractivity contribution >= 4 is 22.9 Å². The maximum Gasteiger partial charge on any atom is 0.279 e. The Balaban J connectivity index is 1.88. The lowest BCUT2D eigenvalue weighted by molar-refractivity contribution is -0.123. The molecule has 0 radical (unpaired) electrons. The lowest BCUT2D eigenvalue weighted by atomic mass is 10.1. The lowest BCUT2D eigenvalue weighted by Crippen LogP contribution is -2.48. The number of aliphatic hydroxyl groups is 1. The van der Waals surface area contributed by atoms with Crippen LogP contribution in [0.3, 0.4) is 0 Å². The van der Waals surface area contributed by atoms with Crippen LogP contribution in [0.15, 0.2) is 30.3 Å². The topological polar surface area (TPSA) is 78.4 Å². The maximum atomic E-state index is 11.9. The second-order valence-corrected chi connectivity index (χ2v) is 5.37. The van der Waals surface area contributed by atoms with Crippen LogP contribution in [-0.2, 0) is 11.2 Å². The molecule has 2 unspecified atom stereocenters. The lowest BCUT2D eigenvalue weighted by Gasteiger charge is -2.18. The van der Waals surface area contributed by atoms with Crippen LogP contribution in [0, 0.1) is 0 Å². The van der Waals surface area contributed by atoms with Gasteiger partial charge >= 0.3 is 0 Å². The molecule has 1 aliphatic rings. The molecule has 3 N–H and O–H groups in total. The molecule has 1 aromatic rings. The van der Waals surface area contributed by atoms with Crippen LogP contribution >= 0.6 is 11.8 Å². The molecule has 19 heavy (non-hydrogen) atoms. The fourth-order valence-corrected chi connectivity index (χ4v) is 2.67. The van der Waals surface area contributed by atoms with E-state index in [9.17, 15) is 14.7 Å². The van der Waals surface area contributed by atoms with Gasteiger partial charge in [0.1, 0.15) is 6.04 Å². The summed E-state index contributed by atoms with van der Waals surface area (Å²) in [4.78, 5) is 22.9. The van der Waals surface area contributed by atoms with Crippen molar-refractivity contribution in [1.82, 2.24) is 10.6 Å². The van der Waals surface area contributed by atoms with Crippen molar-refractivity contribution < 1.29 is 14.7 Å². The van der Waals surface area contributed by atoms with E-state index in [1.807, 2.05) is 30.3 Å². The highest BCUT2D eigenvalue weighted by Gasteiger charge is 2.29. The zero-order chi connectivity index (χ0) is 13.7. The first-order valence-electron chi connectivity index (χ1n) is 6.07. The van der Waals surface area contributed by atoms with Gasteiger partial charge in [0, 0.05) is 5.75 Å². The fourth-order valence-electron chi connectivity index (χ4n) is 1.89. The van der Waals surface area contributed by atoms with Crippen LogP contribution in [0.5, 0.6) is 0 Å². The highest BCUT2D eigenvalue weighted by Crippen LogP contribution is 2.13. The largest absolute Gasteiger partial charge is 0.394 e. The smallest absolute Gasteiger partial charge is 0.279 e. The normalized spacial score (nSPS) is 19.8. The Hall–Kier alpha value is -1.53. The van der Waals surface area contributed by atoms with Gasteiger partial charge in [0.15, 0.2) is 0 Å². The second kappa shape index (κ2) is 6.58. The number of thioether (sulfide) groups is 1. The molecule has 0 saturated carbocycles. The molecule has 6 heteroatoms. The van der Waals surface area contributed by atoms with Crippen LogP contribution in [-0.4, -0.2) is 40.7 Å². The molecule has 0 spiro atoms. The Morgan fingerprint density at radius 2 is 2.21 bits per heavy atom. The van der Waals surface area contributed by atoms with E-state index >= 15 is 0 Å². The van der Waals surface area contributed by atoms with E-state index < -0.39 is 6.04 Å². The van der Waals surface area contributed by atoms with Gasteiger partial charge in [0.05, 0.1) is 12.6 Å². The predicted molar refractivity (Wildman–Crippen MR) is 73.9 cm³/mol. The number of hydrogen-bond acceptors (Lipinski definition) is 4. The van der Waals surface area contributed by atoms with Gasteiger partial charge in [-0.2, -0.15) is 0 Å². The van der Waals surface area contributed by atoms with E-state index in [0.717, 1.165) is 17.3 Å². The van der Waals surface area contributed by atoms with Crippen molar-refractivity contribution in [3.8, 4) is 0 Å². The van der Waals surface area contributed by atoms with Crippen LogP contribution in [0.25, 0.3) is 0 Å². The highest BCUT2D eigenvalue weighted by atomic mass is 32.2. The third-order valence-corrected chi connectivity index (χ3v) is 3.76. The first kappa shape index (κ1) is 13.9. The quantitative estimate of drug-likeness (QED) is 0.735. The second-order valence-electron chi connectivity index (χ2n) is 4.37. The van der Waals surface area contributed by atoms with Gasteiger partial charge in [-0.3, -0.25) is 9.59 Å². The number of hydrogen-bond donors (Lipinski definition) is 3. The summed E-state index contributed by atoms with van der Waals surface area (Å²) in [6.45, 7) is -0.131. The molecular weight excluding hydrogens is 264 g/mol. The summed E-state index contributed by atoms with van der Waals surface area (Å²) in [5, 5.41) is 14.5.